The number of unbranched alkanes of at least 4 members (excludes halogenated alkanes) is 45. The molecule has 5 heteroatoms. The van der Waals surface area contributed by atoms with Gasteiger partial charge in [-0.3, -0.25) is 9.59 Å². The van der Waals surface area contributed by atoms with Crippen molar-refractivity contribution in [2.75, 3.05) is 13.2 Å². The number of hydrogen-bond donors (Lipinski definition) is 1. The molecule has 0 aliphatic carbocycles. The molecule has 5 nitrogen and oxygen atoms in total. The molecule has 476 valence electrons. The Balaban J connectivity index is 3.43. The summed E-state index contributed by atoms with van der Waals surface area (Å²) in [4.78, 5) is 24.7. The van der Waals surface area contributed by atoms with Gasteiger partial charge in [0.25, 0.3) is 0 Å². The van der Waals surface area contributed by atoms with Gasteiger partial charge in [-0.25, -0.2) is 0 Å². The lowest BCUT2D eigenvalue weighted by Crippen LogP contribution is -2.28. The largest absolute Gasteiger partial charge is 0.462 e. The topological polar surface area (TPSA) is 72.8 Å². The third-order valence-corrected chi connectivity index (χ3v) is 16.2. The molecule has 1 unspecified atom stereocenters. The van der Waals surface area contributed by atoms with E-state index in [0.717, 1.165) is 77.0 Å². The summed E-state index contributed by atoms with van der Waals surface area (Å²) >= 11 is 0. The molecule has 0 aromatic heterocycles. The Hall–Kier alpha value is -2.92. The van der Waals surface area contributed by atoms with Crippen LogP contribution in [0.2, 0.25) is 0 Å². The van der Waals surface area contributed by atoms with Gasteiger partial charge >= 0.3 is 11.9 Å². The van der Waals surface area contributed by atoms with E-state index >= 15 is 0 Å². The lowest BCUT2D eigenvalue weighted by Gasteiger charge is -2.15. The number of rotatable bonds is 67. The normalized spacial score (nSPS) is 12.7. The lowest BCUT2D eigenvalue weighted by atomic mass is 10.0. The molecular weight excluding hydrogens is 1000 g/mol. The number of esters is 2. The lowest BCUT2D eigenvalue weighted by molar-refractivity contribution is -0.161. The van der Waals surface area contributed by atoms with Crippen molar-refractivity contribution >= 4 is 11.9 Å². The van der Waals surface area contributed by atoms with Crippen molar-refractivity contribution in [3.05, 3.63) is 85.1 Å². The van der Waals surface area contributed by atoms with E-state index in [0.29, 0.717) is 12.8 Å². The van der Waals surface area contributed by atoms with E-state index in [2.05, 4.69) is 98.9 Å². The maximum Gasteiger partial charge on any atom is 0.306 e. The standard InChI is InChI=1S/C77H138O5/c1-3-5-7-9-11-13-15-17-19-21-23-25-27-29-31-33-34-35-36-37-38-39-40-41-42-44-46-48-50-52-54-56-58-60-62-64-66-68-70-72-77(80)82-75(73-78)74-81-76(79)71-69-67-65-63-61-59-57-55-53-51-49-47-45-43-32-30-28-26-24-22-20-18-16-14-12-10-8-6-4-2/h5,7,11,13,17,19,23,25,29,31,34-35,37-38,75,78H,3-4,6,8-10,12,14-16,18,20-22,24,26-28,30,32-33,36,39-74H2,1-2H3/b7-5-,13-11-,19-17-,25-23-,31-29-,35-34-,38-37-. The zero-order valence-electron chi connectivity index (χ0n) is 54.8. The molecule has 0 amide bonds. The Morgan fingerprint density at radius 2 is 0.524 bits per heavy atom. The zero-order valence-corrected chi connectivity index (χ0v) is 54.8. The van der Waals surface area contributed by atoms with Crippen LogP contribution < -0.4 is 0 Å². The quantitative estimate of drug-likeness (QED) is 0.0373. The molecule has 0 radical (unpaired) electrons. The predicted molar refractivity (Wildman–Crippen MR) is 362 cm³/mol. The van der Waals surface area contributed by atoms with Crippen molar-refractivity contribution in [1.29, 1.82) is 0 Å². The van der Waals surface area contributed by atoms with Crippen LogP contribution in [0.3, 0.4) is 0 Å². The van der Waals surface area contributed by atoms with Gasteiger partial charge < -0.3 is 14.6 Å². The van der Waals surface area contributed by atoms with Gasteiger partial charge in [0.15, 0.2) is 6.10 Å². The van der Waals surface area contributed by atoms with Crippen molar-refractivity contribution < 1.29 is 24.2 Å². The molecule has 0 heterocycles. The van der Waals surface area contributed by atoms with Gasteiger partial charge in [-0.15, -0.1) is 0 Å². The number of allylic oxidation sites excluding steroid dienone is 14. The molecule has 0 bridgehead atoms. The zero-order chi connectivity index (χ0) is 59.1. The van der Waals surface area contributed by atoms with Crippen LogP contribution in [0.5, 0.6) is 0 Å². The Morgan fingerprint density at radius 3 is 0.793 bits per heavy atom. The summed E-state index contributed by atoms with van der Waals surface area (Å²) in [6.07, 6.45) is 102. The summed E-state index contributed by atoms with van der Waals surface area (Å²) < 4.78 is 10.8. The number of aliphatic hydroxyl groups excluding tert-OH is 1. The van der Waals surface area contributed by atoms with Crippen LogP contribution in [0.1, 0.15) is 373 Å². The molecule has 0 saturated carbocycles. The second-order valence-corrected chi connectivity index (χ2v) is 24.3. The smallest absolute Gasteiger partial charge is 0.306 e. The van der Waals surface area contributed by atoms with Crippen LogP contribution in [0, 0.1) is 0 Å². The Morgan fingerprint density at radius 1 is 0.293 bits per heavy atom. The fourth-order valence-electron chi connectivity index (χ4n) is 10.8. The molecule has 0 aliphatic heterocycles. The van der Waals surface area contributed by atoms with E-state index in [1.54, 1.807) is 0 Å². The van der Waals surface area contributed by atoms with Crippen LogP contribution in [0.25, 0.3) is 0 Å². The van der Waals surface area contributed by atoms with Crippen LogP contribution in [-0.2, 0) is 19.1 Å². The van der Waals surface area contributed by atoms with E-state index in [9.17, 15) is 14.7 Å². The first-order valence-corrected chi connectivity index (χ1v) is 36.1. The highest BCUT2D eigenvalue weighted by Gasteiger charge is 2.16. The maximum atomic E-state index is 12.4. The van der Waals surface area contributed by atoms with E-state index < -0.39 is 6.10 Å². The van der Waals surface area contributed by atoms with Crippen molar-refractivity contribution in [2.45, 2.75) is 380 Å². The first kappa shape index (κ1) is 79.1. The van der Waals surface area contributed by atoms with Gasteiger partial charge in [0, 0.05) is 12.8 Å². The Labute approximate surface area is 511 Å². The highest BCUT2D eigenvalue weighted by Crippen LogP contribution is 2.19. The van der Waals surface area contributed by atoms with Crippen LogP contribution >= 0.6 is 0 Å². The molecule has 0 aromatic rings. The minimum absolute atomic E-state index is 0.0621. The van der Waals surface area contributed by atoms with Crippen molar-refractivity contribution in [3.8, 4) is 0 Å². The maximum absolute atomic E-state index is 12.4. The third kappa shape index (κ3) is 69.6. The van der Waals surface area contributed by atoms with E-state index in [-0.39, 0.29) is 25.2 Å². The molecular formula is C77H138O5. The van der Waals surface area contributed by atoms with Gasteiger partial charge in [-0.2, -0.15) is 0 Å². The fraction of sp³-hybridized carbons (Fsp3) is 0.792. The van der Waals surface area contributed by atoms with Crippen LogP contribution in [0.4, 0.5) is 0 Å². The first-order chi connectivity index (χ1) is 40.6. The number of ether oxygens (including phenoxy) is 2. The Kier molecular flexibility index (Phi) is 69.8. The average molecular weight is 1140 g/mol. The van der Waals surface area contributed by atoms with Crippen molar-refractivity contribution in [2.24, 2.45) is 0 Å². The average Bonchev–Trinajstić information content (AvgIpc) is 3.49. The first-order valence-electron chi connectivity index (χ1n) is 36.1. The molecule has 0 saturated heterocycles. The number of carbonyl (C=O) groups is 2. The summed E-state index contributed by atoms with van der Waals surface area (Å²) in [5, 5.41) is 9.71. The molecule has 0 aromatic carbocycles. The van der Waals surface area contributed by atoms with Gasteiger partial charge in [0.05, 0.1) is 6.61 Å². The predicted octanol–water partition coefficient (Wildman–Crippen LogP) is 25.2. The molecule has 0 aliphatic rings. The minimum atomic E-state index is -0.773. The highest BCUT2D eigenvalue weighted by molar-refractivity contribution is 5.70. The third-order valence-electron chi connectivity index (χ3n) is 16.2. The van der Waals surface area contributed by atoms with Crippen LogP contribution in [0.15, 0.2) is 85.1 Å². The molecule has 0 fully saturated rings. The van der Waals surface area contributed by atoms with Gasteiger partial charge in [0.1, 0.15) is 6.61 Å². The minimum Gasteiger partial charge on any atom is -0.462 e. The van der Waals surface area contributed by atoms with Gasteiger partial charge in [-0.05, 0) is 70.6 Å². The SMILES string of the molecule is CC/C=C\C/C=C\C/C=C\C/C=C\C/C=C\C/C=C\C/C=C\CCCCCCCCCCCCCCCCCCCC(=O)OC(CO)COC(=O)CCCCCCCCCCCCCCCCCCCCCCCCCCCCCCC. The summed E-state index contributed by atoms with van der Waals surface area (Å²) in [7, 11) is 0. The Bertz CT molecular complexity index is 1480. The number of carbonyl (C=O) groups excluding carboxylic acids is 2. The van der Waals surface area contributed by atoms with Gasteiger partial charge in [-0.1, -0.05) is 375 Å². The molecule has 1 N–H and O–H groups in total. The van der Waals surface area contributed by atoms with Crippen molar-refractivity contribution in [3.63, 3.8) is 0 Å². The van der Waals surface area contributed by atoms with Gasteiger partial charge in [0.2, 0.25) is 0 Å². The molecule has 0 spiro atoms. The monoisotopic (exact) mass is 1140 g/mol. The van der Waals surface area contributed by atoms with E-state index in [1.807, 2.05) is 0 Å². The molecule has 82 heavy (non-hydrogen) atoms. The summed E-state index contributed by atoms with van der Waals surface area (Å²) in [6, 6.07) is 0. The second kappa shape index (κ2) is 72.3. The molecule has 1 atom stereocenters. The second-order valence-electron chi connectivity index (χ2n) is 24.3. The van der Waals surface area contributed by atoms with Crippen LogP contribution in [-0.4, -0.2) is 36.4 Å². The fourth-order valence-corrected chi connectivity index (χ4v) is 10.8. The summed E-state index contributed by atoms with van der Waals surface area (Å²) in [5.41, 5.74) is 0. The van der Waals surface area contributed by atoms with E-state index in [1.165, 1.54) is 270 Å². The highest BCUT2D eigenvalue weighted by atomic mass is 16.6. The summed E-state index contributed by atoms with van der Waals surface area (Å²) in [5.74, 6) is -0.571. The summed E-state index contributed by atoms with van der Waals surface area (Å²) in [6.45, 7) is 4.08. The molecule has 0 rings (SSSR count). The number of hydrogen-bond acceptors (Lipinski definition) is 5. The van der Waals surface area contributed by atoms with Crippen molar-refractivity contribution in [1.82, 2.24) is 0 Å². The number of aliphatic hydroxyl groups is 1. The van der Waals surface area contributed by atoms with E-state index in [4.69, 9.17) is 9.47 Å².